The summed E-state index contributed by atoms with van der Waals surface area (Å²) in [4.78, 5) is 40.1. The number of carbonyl (C=O) groups excluding carboxylic acids is 3. The summed E-state index contributed by atoms with van der Waals surface area (Å²) in [6.45, 7) is 5.18. The minimum atomic E-state index is -0.625. The van der Waals surface area contributed by atoms with Crippen LogP contribution in [0, 0.1) is 6.92 Å². The molecule has 3 rings (SSSR count). The molecule has 27 heavy (non-hydrogen) atoms. The monoisotopic (exact) mass is 364 g/mol. The number of ether oxygens (including phenoxy) is 1. The molecule has 2 aromatic carbocycles. The van der Waals surface area contributed by atoms with Crippen LogP contribution >= 0.6 is 0 Å². The number of H-pyrrole nitrogens is 1. The maximum absolute atomic E-state index is 12.9. The first-order chi connectivity index (χ1) is 12.9. The Kier molecular flexibility index (Phi) is 5.07. The minimum Gasteiger partial charge on any atom is -0.450 e. The summed E-state index contributed by atoms with van der Waals surface area (Å²) in [6, 6.07) is 12.1. The Morgan fingerprint density at radius 3 is 2.41 bits per heavy atom. The lowest BCUT2D eigenvalue weighted by molar-refractivity contribution is 0.101. The molecule has 1 aromatic heterocycles. The van der Waals surface area contributed by atoms with Crippen LogP contribution in [0.1, 0.15) is 45.8 Å². The van der Waals surface area contributed by atoms with E-state index in [1.807, 2.05) is 6.07 Å². The van der Waals surface area contributed by atoms with Crippen LogP contribution < -0.4 is 5.32 Å². The number of benzene rings is 2. The highest BCUT2D eigenvalue weighted by Crippen LogP contribution is 2.31. The minimum absolute atomic E-state index is 0.120. The maximum atomic E-state index is 12.9. The van der Waals surface area contributed by atoms with Gasteiger partial charge in [0.2, 0.25) is 0 Å². The number of nitrogens with one attached hydrogen (secondary N) is 2. The Labute approximate surface area is 156 Å². The summed E-state index contributed by atoms with van der Waals surface area (Å²) in [7, 11) is 0. The van der Waals surface area contributed by atoms with Crippen LogP contribution in [0.4, 0.5) is 10.5 Å². The number of anilines is 1. The molecule has 0 unspecified atom stereocenters. The van der Waals surface area contributed by atoms with Crippen molar-refractivity contribution in [2.24, 2.45) is 0 Å². The van der Waals surface area contributed by atoms with E-state index >= 15 is 0 Å². The topological polar surface area (TPSA) is 88.3 Å². The van der Waals surface area contributed by atoms with E-state index in [0.717, 1.165) is 0 Å². The summed E-state index contributed by atoms with van der Waals surface area (Å²) in [5.74, 6) is -0.317. The number of ketones is 2. The van der Waals surface area contributed by atoms with Crippen molar-refractivity contribution in [1.82, 2.24) is 4.98 Å². The number of aromatic amines is 1. The van der Waals surface area contributed by atoms with Gasteiger partial charge in [0.05, 0.1) is 17.8 Å². The molecular weight excluding hydrogens is 344 g/mol. The first-order valence-corrected chi connectivity index (χ1v) is 8.63. The van der Waals surface area contributed by atoms with Crippen LogP contribution in [0.25, 0.3) is 10.9 Å². The van der Waals surface area contributed by atoms with Crippen molar-refractivity contribution in [1.29, 1.82) is 0 Å². The summed E-state index contributed by atoms with van der Waals surface area (Å²) in [6.07, 6.45) is -0.625. The summed E-state index contributed by atoms with van der Waals surface area (Å²) < 4.78 is 4.95. The number of hydrogen-bond donors (Lipinski definition) is 2. The quantitative estimate of drug-likeness (QED) is 0.654. The van der Waals surface area contributed by atoms with Crippen LogP contribution in [0.15, 0.2) is 42.5 Å². The average Bonchev–Trinajstić information content (AvgIpc) is 2.98. The highest BCUT2D eigenvalue weighted by Gasteiger charge is 2.20. The fourth-order valence-electron chi connectivity index (χ4n) is 3.14. The highest BCUT2D eigenvalue weighted by molar-refractivity contribution is 6.17. The maximum Gasteiger partial charge on any atom is 0.411 e. The van der Waals surface area contributed by atoms with Gasteiger partial charge in [0.1, 0.15) is 0 Å². The number of hydrogen-bond acceptors (Lipinski definition) is 4. The third kappa shape index (κ3) is 3.60. The van der Waals surface area contributed by atoms with Crippen molar-refractivity contribution in [3.63, 3.8) is 0 Å². The van der Waals surface area contributed by atoms with Crippen molar-refractivity contribution >= 4 is 34.3 Å². The van der Waals surface area contributed by atoms with E-state index < -0.39 is 6.09 Å². The molecule has 0 saturated heterocycles. The van der Waals surface area contributed by atoms with Gasteiger partial charge in [-0.15, -0.1) is 0 Å². The molecule has 0 saturated carbocycles. The first-order valence-electron chi connectivity index (χ1n) is 8.63. The molecule has 1 heterocycles. The number of aryl methyl sites for hydroxylation is 1. The summed E-state index contributed by atoms with van der Waals surface area (Å²) in [5, 5.41) is 3.25. The van der Waals surface area contributed by atoms with Gasteiger partial charge in [-0.2, -0.15) is 0 Å². The molecule has 0 spiro atoms. The molecule has 0 atom stereocenters. The second kappa shape index (κ2) is 7.45. The van der Waals surface area contributed by atoms with Gasteiger partial charge in [-0.3, -0.25) is 14.9 Å². The van der Waals surface area contributed by atoms with Crippen LogP contribution in [0.2, 0.25) is 0 Å². The predicted molar refractivity (Wildman–Crippen MR) is 104 cm³/mol. The molecule has 0 aliphatic rings. The van der Waals surface area contributed by atoms with Gasteiger partial charge in [0.15, 0.2) is 11.6 Å². The van der Waals surface area contributed by atoms with Crippen molar-refractivity contribution in [2.75, 3.05) is 11.9 Å². The SMILES string of the molecule is CCOC(=O)Nc1cc(C(=O)c2ccccc2)cc2c(C(C)=O)c(C)[nH]c12. The molecular formula is C21H20N2O4. The van der Waals surface area contributed by atoms with E-state index in [-0.39, 0.29) is 18.2 Å². The third-order valence-corrected chi connectivity index (χ3v) is 4.26. The Hall–Kier alpha value is -3.41. The van der Waals surface area contributed by atoms with Crippen LogP contribution in [-0.2, 0) is 4.74 Å². The van der Waals surface area contributed by atoms with Gasteiger partial charge in [0, 0.05) is 27.8 Å². The van der Waals surface area contributed by atoms with Crippen molar-refractivity contribution < 1.29 is 19.1 Å². The molecule has 0 fully saturated rings. The van der Waals surface area contributed by atoms with E-state index in [9.17, 15) is 14.4 Å². The number of amides is 1. The van der Waals surface area contributed by atoms with E-state index in [0.29, 0.717) is 39.0 Å². The number of rotatable bonds is 5. The Morgan fingerprint density at radius 2 is 1.78 bits per heavy atom. The largest absolute Gasteiger partial charge is 0.450 e. The lowest BCUT2D eigenvalue weighted by Crippen LogP contribution is -2.14. The van der Waals surface area contributed by atoms with Gasteiger partial charge >= 0.3 is 6.09 Å². The van der Waals surface area contributed by atoms with Crippen molar-refractivity contribution in [3.8, 4) is 0 Å². The molecule has 3 aromatic rings. The van der Waals surface area contributed by atoms with Gasteiger partial charge in [-0.05, 0) is 32.9 Å². The van der Waals surface area contributed by atoms with Crippen molar-refractivity contribution in [3.05, 3.63) is 64.8 Å². The van der Waals surface area contributed by atoms with Gasteiger partial charge in [-0.1, -0.05) is 30.3 Å². The number of Topliss-reactive ketones (excluding diaryl/α,β-unsaturated/α-hetero) is 1. The zero-order valence-corrected chi connectivity index (χ0v) is 15.4. The zero-order chi connectivity index (χ0) is 19.6. The van der Waals surface area contributed by atoms with Crippen LogP contribution in [-0.4, -0.2) is 29.3 Å². The number of fused-ring (bicyclic) bond motifs is 1. The van der Waals surface area contributed by atoms with E-state index in [1.54, 1.807) is 50.2 Å². The number of aromatic nitrogens is 1. The molecule has 0 aliphatic carbocycles. The molecule has 6 heteroatoms. The normalized spacial score (nSPS) is 10.6. The zero-order valence-electron chi connectivity index (χ0n) is 15.4. The highest BCUT2D eigenvalue weighted by atomic mass is 16.5. The molecule has 0 bridgehead atoms. The van der Waals surface area contributed by atoms with E-state index in [4.69, 9.17) is 4.74 Å². The fourth-order valence-corrected chi connectivity index (χ4v) is 3.14. The van der Waals surface area contributed by atoms with Gasteiger partial charge in [-0.25, -0.2) is 4.79 Å². The van der Waals surface area contributed by atoms with Gasteiger partial charge in [0.25, 0.3) is 0 Å². The van der Waals surface area contributed by atoms with Gasteiger partial charge < -0.3 is 9.72 Å². The number of carbonyl (C=O) groups is 3. The fraction of sp³-hybridized carbons (Fsp3) is 0.190. The lowest BCUT2D eigenvalue weighted by atomic mass is 9.98. The Balaban J connectivity index is 2.19. The summed E-state index contributed by atoms with van der Waals surface area (Å²) in [5.41, 5.74) is 3.04. The Morgan fingerprint density at radius 1 is 1.07 bits per heavy atom. The second-order valence-corrected chi connectivity index (χ2v) is 6.17. The molecule has 1 amide bonds. The molecule has 0 aliphatic heterocycles. The standard InChI is InChI=1S/C21H20N2O4/c1-4-27-21(26)23-17-11-15(20(25)14-8-6-5-7-9-14)10-16-18(13(3)24)12(2)22-19(16)17/h5-11,22H,4H2,1-3H3,(H,23,26). The average molecular weight is 364 g/mol. The Bertz CT molecular complexity index is 1040. The predicted octanol–water partition coefficient (Wildman–Crippen LogP) is 4.48. The summed E-state index contributed by atoms with van der Waals surface area (Å²) >= 11 is 0. The van der Waals surface area contributed by atoms with Crippen LogP contribution in [0.3, 0.4) is 0 Å². The van der Waals surface area contributed by atoms with E-state index in [1.165, 1.54) is 6.92 Å². The van der Waals surface area contributed by atoms with Crippen LogP contribution in [0.5, 0.6) is 0 Å². The smallest absolute Gasteiger partial charge is 0.411 e. The lowest BCUT2D eigenvalue weighted by Gasteiger charge is -2.10. The van der Waals surface area contributed by atoms with E-state index in [2.05, 4.69) is 10.3 Å². The first kappa shape index (κ1) is 18.4. The molecule has 6 nitrogen and oxygen atoms in total. The second-order valence-electron chi connectivity index (χ2n) is 6.17. The van der Waals surface area contributed by atoms with Crippen molar-refractivity contribution in [2.45, 2.75) is 20.8 Å². The molecule has 138 valence electrons. The molecule has 2 N–H and O–H groups in total. The molecule has 0 radical (unpaired) electrons. The third-order valence-electron chi connectivity index (χ3n) is 4.26.